The lowest BCUT2D eigenvalue weighted by Gasteiger charge is -2.25. The van der Waals surface area contributed by atoms with Crippen LogP contribution in [0.15, 0.2) is 11.4 Å². The molecule has 3 heteroatoms. The van der Waals surface area contributed by atoms with Gasteiger partial charge in [0, 0.05) is 38.0 Å². The van der Waals surface area contributed by atoms with Gasteiger partial charge in [-0.3, -0.25) is 0 Å². The van der Waals surface area contributed by atoms with Crippen LogP contribution >= 0.6 is 0 Å². The van der Waals surface area contributed by atoms with Gasteiger partial charge in [-0.15, -0.1) is 0 Å². The first-order valence-corrected chi connectivity index (χ1v) is 3.58. The van der Waals surface area contributed by atoms with E-state index in [1.165, 1.54) is 5.70 Å². The van der Waals surface area contributed by atoms with E-state index < -0.39 is 0 Å². The summed E-state index contributed by atoms with van der Waals surface area (Å²) < 4.78 is 0. The summed E-state index contributed by atoms with van der Waals surface area (Å²) >= 11 is 0. The van der Waals surface area contributed by atoms with Crippen LogP contribution in [0.3, 0.4) is 0 Å². The van der Waals surface area contributed by atoms with E-state index in [9.17, 15) is 0 Å². The second kappa shape index (κ2) is 2.92. The monoisotopic (exact) mass is 141 g/mol. The highest BCUT2D eigenvalue weighted by molar-refractivity contribution is 5.13. The maximum absolute atomic E-state index is 5.76. The maximum Gasteiger partial charge on any atom is 0.0416 e. The SMILES string of the molecule is CNC1=C(N)CN(C)CC1. The van der Waals surface area contributed by atoms with Gasteiger partial charge in [-0.05, 0) is 7.05 Å². The Bertz CT molecular complexity index is 151. The predicted molar refractivity (Wildman–Crippen MR) is 42.4 cm³/mol. The highest BCUT2D eigenvalue weighted by Gasteiger charge is 2.11. The first kappa shape index (κ1) is 7.41. The summed E-state index contributed by atoms with van der Waals surface area (Å²) in [6.45, 7) is 2.01. The molecule has 0 aromatic carbocycles. The van der Waals surface area contributed by atoms with Gasteiger partial charge in [0.2, 0.25) is 0 Å². The number of nitrogens with two attached hydrogens (primary N) is 1. The third kappa shape index (κ3) is 1.42. The first-order chi connectivity index (χ1) is 4.74. The molecular formula is C7H15N3. The predicted octanol–water partition coefficient (Wildman–Crippen LogP) is -0.288. The lowest BCUT2D eigenvalue weighted by molar-refractivity contribution is 0.341. The Morgan fingerprint density at radius 3 is 2.80 bits per heavy atom. The highest BCUT2D eigenvalue weighted by atomic mass is 15.1. The van der Waals surface area contributed by atoms with E-state index in [1.54, 1.807) is 0 Å². The van der Waals surface area contributed by atoms with Crippen molar-refractivity contribution in [1.82, 2.24) is 10.2 Å². The van der Waals surface area contributed by atoms with E-state index in [4.69, 9.17) is 5.73 Å². The molecular weight excluding hydrogens is 126 g/mol. The smallest absolute Gasteiger partial charge is 0.0416 e. The van der Waals surface area contributed by atoms with Crippen LogP contribution in [-0.4, -0.2) is 32.1 Å². The third-order valence-corrected chi connectivity index (χ3v) is 1.87. The molecule has 0 fully saturated rings. The summed E-state index contributed by atoms with van der Waals surface area (Å²) in [5.41, 5.74) is 7.94. The van der Waals surface area contributed by atoms with Gasteiger partial charge in [-0.1, -0.05) is 0 Å². The molecule has 3 nitrogen and oxygen atoms in total. The highest BCUT2D eigenvalue weighted by Crippen LogP contribution is 2.08. The van der Waals surface area contributed by atoms with Gasteiger partial charge in [-0.25, -0.2) is 0 Å². The van der Waals surface area contributed by atoms with Crippen molar-refractivity contribution in [3.63, 3.8) is 0 Å². The van der Waals surface area contributed by atoms with Crippen LogP contribution in [-0.2, 0) is 0 Å². The second-order valence-electron chi connectivity index (χ2n) is 2.74. The van der Waals surface area contributed by atoms with Gasteiger partial charge < -0.3 is 16.0 Å². The van der Waals surface area contributed by atoms with Gasteiger partial charge in [-0.2, -0.15) is 0 Å². The Balaban J connectivity index is 2.61. The third-order valence-electron chi connectivity index (χ3n) is 1.87. The Labute approximate surface area is 61.9 Å². The molecule has 10 heavy (non-hydrogen) atoms. The van der Waals surface area contributed by atoms with Crippen LogP contribution in [0.2, 0.25) is 0 Å². The van der Waals surface area contributed by atoms with Crippen molar-refractivity contribution in [2.75, 3.05) is 27.2 Å². The number of nitrogens with one attached hydrogen (secondary N) is 1. The molecule has 0 aliphatic carbocycles. The molecule has 0 unspecified atom stereocenters. The minimum absolute atomic E-state index is 0.899. The van der Waals surface area contributed by atoms with Crippen molar-refractivity contribution in [2.45, 2.75) is 6.42 Å². The summed E-state index contributed by atoms with van der Waals surface area (Å²) in [7, 11) is 4.01. The van der Waals surface area contributed by atoms with Crippen molar-refractivity contribution >= 4 is 0 Å². The molecule has 0 amide bonds. The molecule has 0 saturated carbocycles. The summed E-state index contributed by atoms with van der Waals surface area (Å²) in [6, 6.07) is 0. The standard InChI is InChI=1S/C7H15N3/c1-9-7-3-4-10(2)5-6(7)8/h9H,3-5,8H2,1-2H3. The zero-order valence-corrected chi connectivity index (χ0v) is 6.65. The lowest BCUT2D eigenvalue weighted by Crippen LogP contribution is -2.34. The number of hydrogen-bond donors (Lipinski definition) is 2. The second-order valence-corrected chi connectivity index (χ2v) is 2.74. The van der Waals surface area contributed by atoms with Crippen LogP contribution in [0.5, 0.6) is 0 Å². The van der Waals surface area contributed by atoms with Crippen LogP contribution < -0.4 is 11.1 Å². The summed E-state index contributed by atoms with van der Waals surface area (Å²) in [5, 5.41) is 3.10. The van der Waals surface area contributed by atoms with E-state index in [1.807, 2.05) is 7.05 Å². The molecule has 0 aromatic heterocycles. The summed E-state index contributed by atoms with van der Waals surface area (Å²) in [6.07, 6.45) is 1.05. The molecule has 0 aromatic rings. The van der Waals surface area contributed by atoms with Crippen LogP contribution in [0.1, 0.15) is 6.42 Å². The number of hydrogen-bond acceptors (Lipinski definition) is 3. The molecule has 1 heterocycles. The normalized spacial score (nSPS) is 21.4. The summed E-state index contributed by atoms with van der Waals surface area (Å²) in [5.74, 6) is 0. The fraction of sp³-hybridized carbons (Fsp3) is 0.714. The molecule has 0 atom stereocenters. The van der Waals surface area contributed by atoms with Crippen molar-refractivity contribution in [3.05, 3.63) is 11.4 Å². The van der Waals surface area contributed by atoms with Crippen LogP contribution in [0.25, 0.3) is 0 Å². The zero-order valence-electron chi connectivity index (χ0n) is 6.65. The number of nitrogens with zero attached hydrogens (tertiary/aromatic N) is 1. The summed E-state index contributed by atoms with van der Waals surface area (Å²) in [4.78, 5) is 2.22. The topological polar surface area (TPSA) is 41.3 Å². The van der Waals surface area contributed by atoms with Crippen molar-refractivity contribution in [1.29, 1.82) is 0 Å². The van der Waals surface area contributed by atoms with E-state index in [2.05, 4.69) is 17.3 Å². The molecule has 1 aliphatic heterocycles. The molecule has 3 N–H and O–H groups in total. The van der Waals surface area contributed by atoms with Gasteiger partial charge >= 0.3 is 0 Å². The van der Waals surface area contributed by atoms with E-state index >= 15 is 0 Å². The molecule has 0 saturated heterocycles. The van der Waals surface area contributed by atoms with Gasteiger partial charge in [0.05, 0.1) is 0 Å². The number of rotatable bonds is 1. The Morgan fingerprint density at radius 2 is 2.30 bits per heavy atom. The average Bonchev–Trinajstić information content (AvgIpc) is 1.88. The van der Waals surface area contributed by atoms with Crippen LogP contribution in [0, 0.1) is 0 Å². The fourth-order valence-corrected chi connectivity index (χ4v) is 1.21. The molecule has 0 bridgehead atoms. The van der Waals surface area contributed by atoms with Gasteiger partial charge in [0.15, 0.2) is 0 Å². The average molecular weight is 141 g/mol. The first-order valence-electron chi connectivity index (χ1n) is 3.58. The van der Waals surface area contributed by atoms with Gasteiger partial charge in [0.1, 0.15) is 0 Å². The quantitative estimate of drug-likeness (QED) is 0.527. The fourth-order valence-electron chi connectivity index (χ4n) is 1.21. The Morgan fingerprint density at radius 1 is 1.60 bits per heavy atom. The minimum atomic E-state index is 0.899. The Hall–Kier alpha value is -0.700. The van der Waals surface area contributed by atoms with Crippen molar-refractivity contribution < 1.29 is 0 Å². The van der Waals surface area contributed by atoms with E-state index in [-0.39, 0.29) is 0 Å². The van der Waals surface area contributed by atoms with Crippen molar-refractivity contribution in [2.24, 2.45) is 5.73 Å². The minimum Gasteiger partial charge on any atom is -0.400 e. The Kier molecular flexibility index (Phi) is 2.17. The molecule has 1 rings (SSSR count). The van der Waals surface area contributed by atoms with Gasteiger partial charge in [0.25, 0.3) is 0 Å². The molecule has 0 radical (unpaired) electrons. The lowest BCUT2D eigenvalue weighted by atomic mass is 10.2. The molecule has 1 aliphatic rings. The molecule has 58 valence electrons. The van der Waals surface area contributed by atoms with E-state index in [0.717, 1.165) is 25.2 Å². The maximum atomic E-state index is 5.76. The largest absolute Gasteiger partial charge is 0.400 e. The van der Waals surface area contributed by atoms with E-state index in [0.29, 0.717) is 0 Å². The molecule has 0 spiro atoms. The van der Waals surface area contributed by atoms with Crippen molar-refractivity contribution in [3.8, 4) is 0 Å². The zero-order chi connectivity index (χ0) is 7.56. The van der Waals surface area contributed by atoms with Crippen LogP contribution in [0.4, 0.5) is 0 Å². The number of likely N-dealkylation sites (N-methyl/N-ethyl adjacent to an activating group) is 1.